The van der Waals surface area contributed by atoms with E-state index in [1.165, 1.54) is 17.5 Å². The summed E-state index contributed by atoms with van der Waals surface area (Å²) >= 11 is 0. The van der Waals surface area contributed by atoms with Gasteiger partial charge in [-0.15, -0.1) is 0 Å². The monoisotopic (exact) mass is 947 g/mol. The van der Waals surface area contributed by atoms with Gasteiger partial charge in [0, 0.05) is 27.7 Å². The van der Waals surface area contributed by atoms with Crippen LogP contribution in [0.25, 0.3) is 0 Å². The summed E-state index contributed by atoms with van der Waals surface area (Å²) in [5.74, 6) is 1.26. The Bertz CT molecular complexity index is 2720. The summed E-state index contributed by atoms with van der Waals surface area (Å²) in [6, 6.07) is 55.2. The van der Waals surface area contributed by atoms with E-state index in [-0.39, 0.29) is 37.1 Å². The second-order valence-corrected chi connectivity index (χ2v) is 21.0. The van der Waals surface area contributed by atoms with Crippen LogP contribution in [0.2, 0.25) is 6.04 Å². The minimum absolute atomic E-state index is 0.0206. The number of fused-ring (bicyclic) bond motifs is 1. The summed E-state index contributed by atoms with van der Waals surface area (Å²) in [4.78, 5) is 41.2. The number of aliphatic imine (C=N–C) groups is 3. The molecule has 1 saturated heterocycles. The second-order valence-electron chi connectivity index (χ2n) is 17.0. The van der Waals surface area contributed by atoms with Gasteiger partial charge >= 0.3 is 7.60 Å². The van der Waals surface area contributed by atoms with Crippen molar-refractivity contribution in [3.8, 4) is 11.5 Å². The molecule has 13 nitrogen and oxygen atoms in total. The van der Waals surface area contributed by atoms with Crippen molar-refractivity contribution in [3.63, 3.8) is 0 Å². The van der Waals surface area contributed by atoms with Crippen molar-refractivity contribution in [3.05, 3.63) is 203 Å². The van der Waals surface area contributed by atoms with Crippen LogP contribution in [0.3, 0.4) is 0 Å². The molecule has 3 aliphatic rings. The molecule has 0 aromatic heterocycles. The number of benzene rings is 6. The highest BCUT2D eigenvalue weighted by Crippen LogP contribution is 2.49. The lowest BCUT2D eigenvalue weighted by atomic mass is 9.80. The van der Waals surface area contributed by atoms with E-state index >= 15 is 0 Å². The van der Waals surface area contributed by atoms with Gasteiger partial charge in [0.25, 0.3) is 0 Å². The van der Waals surface area contributed by atoms with Crippen molar-refractivity contribution in [2.24, 2.45) is 20.7 Å². The standard InChI is InChI=1S/C53H54N5O8PSi/c1-62-43-27-23-41(24-28-43)52(40-21-13-6-14-22-40,42-25-29-44(63-2)30-26-42)64-34-46-45(66-67(60,61)31-32-68-48(37-15-7-3-8-16-37)38-17-9-4-10-18-38)33-47(65-46)58-36-56-49-51(58)55-35-57-53(49,54)50(59)39-19-11-5-12-20-39/h3-30,35,45-48H,31-34,36,54,68H2,1-2H3,(H,60,61)/t45-,46+,47+,53?/m0/s1. The lowest BCUT2D eigenvalue weighted by Crippen LogP contribution is -2.59. The van der Waals surface area contributed by atoms with Gasteiger partial charge in [-0.05, 0) is 57.6 Å². The van der Waals surface area contributed by atoms with Crippen molar-refractivity contribution in [2.75, 3.05) is 33.7 Å². The van der Waals surface area contributed by atoms with Crippen molar-refractivity contribution >= 4 is 40.8 Å². The first kappa shape index (κ1) is 46.7. The van der Waals surface area contributed by atoms with Gasteiger partial charge in [0.2, 0.25) is 11.4 Å². The predicted molar refractivity (Wildman–Crippen MR) is 267 cm³/mol. The molecule has 0 bridgehead atoms. The van der Waals surface area contributed by atoms with Crippen molar-refractivity contribution < 1.29 is 37.7 Å². The number of nitrogens with two attached hydrogens (primary N) is 1. The normalized spacial score (nSPS) is 21.1. The zero-order chi connectivity index (χ0) is 47.1. The lowest BCUT2D eigenvalue weighted by Gasteiger charge is -2.37. The van der Waals surface area contributed by atoms with Gasteiger partial charge in [0.05, 0.1) is 26.9 Å². The molecule has 0 saturated carbocycles. The summed E-state index contributed by atoms with van der Waals surface area (Å²) in [6.07, 6.45) is -1.13. The van der Waals surface area contributed by atoms with Crippen molar-refractivity contribution in [1.29, 1.82) is 0 Å². The highest BCUT2D eigenvalue weighted by atomic mass is 31.2. The third-order valence-corrected chi connectivity index (χ3v) is 17.2. The third-order valence-electron chi connectivity index (χ3n) is 12.9. The first-order valence-electron chi connectivity index (χ1n) is 22.7. The quantitative estimate of drug-likeness (QED) is 0.0355. The van der Waals surface area contributed by atoms with Gasteiger partial charge in [-0.2, -0.15) is 0 Å². The minimum atomic E-state index is -4.22. The molecule has 6 aromatic rings. The van der Waals surface area contributed by atoms with Crippen LogP contribution in [0.15, 0.2) is 185 Å². The van der Waals surface area contributed by atoms with Crippen LogP contribution in [-0.2, 0) is 24.2 Å². The Labute approximate surface area is 398 Å². The summed E-state index contributed by atoms with van der Waals surface area (Å²) in [7, 11) is -1.95. The predicted octanol–water partition coefficient (Wildman–Crippen LogP) is 7.77. The van der Waals surface area contributed by atoms with E-state index in [4.69, 9.17) is 34.2 Å². The van der Waals surface area contributed by atoms with E-state index in [0.29, 0.717) is 28.9 Å². The van der Waals surface area contributed by atoms with Gasteiger partial charge in [0.1, 0.15) is 48.2 Å². The largest absolute Gasteiger partial charge is 0.497 e. The molecule has 1 fully saturated rings. The Kier molecular flexibility index (Phi) is 14.1. The van der Waals surface area contributed by atoms with Crippen LogP contribution in [0.4, 0.5) is 0 Å². The molecule has 3 aliphatic heterocycles. The highest BCUT2D eigenvalue weighted by Gasteiger charge is 2.52. The Balaban J connectivity index is 1.02. The number of ether oxygens (including phenoxy) is 4. The maximum Gasteiger partial charge on any atom is 0.328 e. The SMILES string of the molecule is COc1ccc(C(OC[C@H]2O[C@@H](N3CN=C4C3=NC=NC4(N)C(=O)c3ccccc3)C[C@@H]2OP(=O)(O)CC[SiH2]C(c2ccccc2)c2ccccc2)(c2ccccc2)c2ccc(OC)cc2)cc1. The number of hydrogen-bond acceptors (Lipinski definition) is 12. The Hall–Kier alpha value is -6.35. The number of hydrogen-bond donors (Lipinski definition) is 2. The first-order chi connectivity index (χ1) is 33.1. The summed E-state index contributed by atoms with van der Waals surface area (Å²) < 4.78 is 46.1. The number of amidine groups is 1. The van der Waals surface area contributed by atoms with Gasteiger partial charge in [0.15, 0.2) is 5.84 Å². The fraction of sp³-hybridized carbons (Fsp3) is 0.245. The van der Waals surface area contributed by atoms with Crippen molar-refractivity contribution in [1.82, 2.24) is 4.90 Å². The number of Topliss-reactive ketones (excluding diaryl/α,β-unsaturated/α-hetero) is 1. The molecule has 6 aromatic carbocycles. The van der Waals surface area contributed by atoms with Gasteiger partial charge in [-0.25, -0.2) is 9.98 Å². The molecule has 68 heavy (non-hydrogen) atoms. The van der Waals surface area contributed by atoms with Crippen LogP contribution >= 0.6 is 7.60 Å². The van der Waals surface area contributed by atoms with Gasteiger partial charge in [-0.1, -0.05) is 152 Å². The van der Waals surface area contributed by atoms with Crippen LogP contribution in [0, 0.1) is 0 Å². The molecule has 348 valence electrons. The number of carbonyl (C=O) groups is 1. The molecule has 9 rings (SSSR count). The summed E-state index contributed by atoms with van der Waals surface area (Å²) in [5, 5.41) is 0. The molecule has 0 amide bonds. The molecular weight excluding hydrogens is 894 g/mol. The molecule has 5 atom stereocenters. The Morgan fingerprint density at radius 2 is 1.34 bits per heavy atom. The maximum atomic E-state index is 14.4. The van der Waals surface area contributed by atoms with Crippen LogP contribution in [-0.4, -0.2) is 101 Å². The van der Waals surface area contributed by atoms with Crippen molar-refractivity contribution in [2.45, 2.75) is 47.7 Å². The number of rotatable bonds is 19. The van der Waals surface area contributed by atoms with E-state index in [9.17, 15) is 14.3 Å². The third kappa shape index (κ3) is 9.67. The fourth-order valence-electron chi connectivity index (χ4n) is 9.38. The number of methoxy groups -OCH3 is 2. The molecule has 2 unspecified atom stereocenters. The lowest BCUT2D eigenvalue weighted by molar-refractivity contribution is -0.0968. The van der Waals surface area contributed by atoms with Crippen LogP contribution in [0.1, 0.15) is 50.1 Å². The zero-order valence-corrected chi connectivity index (χ0v) is 40.2. The molecule has 0 aliphatic carbocycles. The van der Waals surface area contributed by atoms with Crippen LogP contribution < -0.4 is 15.2 Å². The smallest absolute Gasteiger partial charge is 0.328 e. The first-order valence-corrected chi connectivity index (χ1v) is 26.3. The molecule has 0 spiro atoms. The highest BCUT2D eigenvalue weighted by molar-refractivity contribution is 7.52. The second kappa shape index (κ2) is 20.5. The van der Waals surface area contributed by atoms with Gasteiger partial charge in [-0.3, -0.25) is 20.1 Å². The van der Waals surface area contributed by atoms with E-state index in [2.05, 4.69) is 34.3 Å². The average Bonchev–Trinajstić information content (AvgIpc) is 4.01. The molecule has 3 N–H and O–H groups in total. The minimum Gasteiger partial charge on any atom is -0.497 e. The van der Waals surface area contributed by atoms with E-state index in [0.717, 1.165) is 16.7 Å². The molecule has 0 radical (unpaired) electrons. The maximum absolute atomic E-state index is 14.4. The van der Waals surface area contributed by atoms with Gasteiger partial charge < -0.3 is 33.3 Å². The number of nitrogens with zero attached hydrogens (tertiary/aromatic N) is 4. The number of ketones is 1. The topological polar surface area (TPSA) is 167 Å². The van der Waals surface area contributed by atoms with E-state index < -0.39 is 52.6 Å². The zero-order valence-electron chi connectivity index (χ0n) is 37.9. The molecular formula is C53H54N5O8PSi. The molecule has 15 heteroatoms. The number of carbonyl (C=O) groups excluding carboxylic acids is 1. The van der Waals surface area contributed by atoms with E-state index in [1.807, 2.05) is 121 Å². The summed E-state index contributed by atoms with van der Waals surface area (Å²) in [5.41, 5.74) is 9.35. The Morgan fingerprint density at radius 1 is 0.809 bits per heavy atom. The van der Waals surface area contributed by atoms with E-state index in [1.54, 1.807) is 43.4 Å². The fourth-order valence-corrected chi connectivity index (χ4v) is 14.1. The van der Waals surface area contributed by atoms with Crippen LogP contribution in [0.5, 0.6) is 11.5 Å². The average molecular weight is 948 g/mol. The molecule has 3 heterocycles. The summed E-state index contributed by atoms with van der Waals surface area (Å²) in [6.45, 7) is -0.0202. The Morgan fingerprint density at radius 3 is 1.90 bits per heavy atom.